The Hall–Kier alpha value is -2.44. The molecule has 0 heterocycles. The summed E-state index contributed by atoms with van der Waals surface area (Å²) in [5.41, 5.74) is 6.53. The van der Waals surface area contributed by atoms with Crippen molar-refractivity contribution in [2.24, 2.45) is 5.73 Å². The van der Waals surface area contributed by atoms with E-state index in [2.05, 4.69) is 0 Å². The number of carbonyl (C=O) groups excluding carboxylic acids is 1. The molecule has 0 radical (unpaired) electrons. The van der Waals surface area contributed by atoms with Gasteiger partial charge >= 0.3 is 12.1 Å². The van der Waals surface area contributed by atoms with E-state index in [4.69, 9.17) is 15.7 Å². The first-order valence-electron chi connectivity index (χ1n) is 3.92. The average molecular weight is 211 g/mol. The number of carboxylic acid groups (broad SMARTS) is 1. The van der Waals surface area contributed by atoms with E-state index in [0.29, 0.717) is 0 Å². The monoisotopic (exact) mass is 211 g/mol. The Morgan fingerprint density at radius 3 is 2.40 bits per heavy atom. The summed E-state index contributed by atoms with van der Waals surface area (Å²) in [6, 6.07) is 7.06. The van der Waals surface area contributed by atoms with Crippen LogP contribution in [-0.2, 0) is 0 Å². The van der Waals surface area contributed by atoms with Crippen LogP contribution >= 0.6 is 0 Å². The van der Waals surface area contributed by atoms with Crippen molar-refractivity contribution in [3.8, 4) is 5.75 Å². The van der Waals surface area contributed by atoms with Crippen LogP contribution in [-0.4, -0.2) is 22.4 Å². The molecule has 80 valence electrons. The topological polar surface area (TPSA) is 105 Å². The van der Waals surface area contributed by atoms with Gasteiger partial charge in [0.25, 0.3) is 0 Å². The van der Waals surface area contributed by atoms with E-state index in [1.165, 1.54) is 12.1 Å². The first kappa shape index (κ1) is 10.6. The molecule has 1 rings (SSSR count). The maximum absolute atomic E-state index is 10.6. The highest BCUT2D eigenvalue weighted by Gasteiger charge is 2.15. The molecule has 4 N–H and O–H groups in total. The summed E-state index contributed by atoms with van der Waals surface area (Å²) in [6.07, 6.45) is -1.49. The van der Waals surface area contributed by atoms with Gasteiger partial charge in [-0.3, -0.25) is 0 Å². The Labute approximate surface area is 85.0 Å². The second-order valence-electron chi connectivity index (χ2n) is 2.46. The number of hydrogen-bond donors (Lipinski definition) is 3. The summed E-state index contributed by atoms with van der Waals surface area (Å²) in [5.74, 6) is 0.258. The number of nitrogens with two attached hydrogens (primary N) is 1. The number of rotatable bonds is 2. The highest BCUT2D eigenvalue weighted by Crippen LogP contribution is 2.09. The highest BCUT2D eigenvalue weighted by atomic mass is 16.7. The SMILES string of the molecule is NC(=O)NN(Oc1ccccc1)C(=O)O. The third-order valence-corrected chi connectivity index (χ3v) is 1.33. The van der Waals surface area contributed by atoms with Gasteiger partial charge < -0.3 is 15.7 Å². The molecular formula is C8H9N3O4. The van der Waals surface area contributed by atoms with Gasteiger partial charge in [-0.05, 0) is 17.3 Å². The zero-order valence-electron chi connectivity index (χ0n) is 7.58. The molecule has 1 aromatic rings. The Bertz CT molecular complexity index is 354. The predicted molar refractivity (Wildman–Crippen MR) is 49.7 cm³/mol. The standard InChI is InChI=1S/C8H9N3O4/c9-7(12)10-11(8(13)14)15-6-4-2-1-3-5-6/h1-5H,(H,13,14)(H3,9,10,12). The molecule has 0 atom stereocenters. The van der Waals surface area contributed by atoms with Crippen LogP contribution in [0.3, 0.4) is 0 Å². The molecule has 0 aliphatic carbocycles. The minimum Gasteiger partial charge on any atom is -0.462 e. The largest absolute Gasteiger partial charge is 0.462 e. The van der Waals surface area contributed by atoms with Crippen LogP contribution in [0.4, 0.5) is 9.59 Å². The van der Waals surface area contributed by atoms with E-state index in [1.807, 2.05) is 0 Å². The zero-order chi connectivity index (χ0) is 11.3. The van der Waals surface area contributed by atoms with Crippen LogP contribution in [0.2, 0.25) is 0 Å². The molecule has 0 unspecified atom stereocenters. The molecule has 7 nitrogen and oxygen atoms in total. The van der Waals surface area contributed by atoms with E-state index in [1.54, 1.807) is 23.6 Å². The maximum atomic E-state index is 10.6. The maximum Gasteiger partial charge on any atom is 0.461 e. The van der Waals surface area contributed by atoms with Gasteiger partial charge in [-0.15, -0.1) is 0 Å². The van der Waals surface area contributed by atoms with E-state index in [0.717, 1.165) is 0 Å². The van der Waals surface area contributed by atoms with Crippen molar-refractivity contribution >= 4 is 12.1 Å². The summed E-state index contributed by atoms with van der Waals surface area (Å²) in [7, 11) is 0. The number of primary amides is 1. The predicted octanol–water partition coefficient (Wildman–Crippen LogP) is 0.544. The zero-order valence-corrected chi connectivity index (χ0v) is 7.58. The molecule has 0 saturated heterocycles. The van der Waals surface area contributed by atoms with Gasteiger partial charge in [-0.2, -0.15) is 0 Å². The Morgan fingerprint density at radius 1 is 1.33 bits per heavy atom. The smallest absolute Gasteiger partial charge is 0.461 e. The van der Waals surface area contributed by atoms with Crippen LogP contribution in [0.25, 0.3) is 0 Å². The second-order valence-corrected chi connectivity index (χ2v) is 2.46. The molecule has 0 aromatic heterocycles. The lowest BCUT2D eigenvalue weighted by molar-refractivity contribution is -0.0639. The lowest BCUT2D eigenvalue weighted by Crippen LogP contribution is -2.49. The molecular weight excluding hydrogens is 202 g/mol. The van der Waals surface area contributed by atoms with E-state index in [-0.39, 0.29) is 10.9 Å². The summed E-state index contributed by atoms with van der Waals surface area (Å²) in [5, 5.41) is 8.83. The summed E-state index contributed by atoms with van der Waals surface area (Å²) in [6.45, 7) is 0. The van der Waals surface area contributed by atoms with Crippen molar-refractivity contribution in [1.29, 1.82) is 0 Å². The van der Waals surface area contributed by atoms with Gasteiger partial charge in [0.2, 0.25) is 0 Å². The molecule has 0 spiro atoms. The number of hydroxylamine groups is 1. The molecule has 0 fully saturated rings. The summed E-state index contributed by atoms with van der Waals surface area (Å²) >= 11 is 0. The highest BCUT2D eigenvalue weighted by molar-refractivity contribution is 5.74. The Morgan fingerprint density at radius 2 is 1.93 bits per heavy atom. The molecule has 7 heteroatoms. The average Bonchev–Trinajstić information content (AvgIpc) is 2.17. The van der Waals surface area contributed by atoms with Gasteiger partial charge in [-0.25, -0.2) is 15.0 Å². The van der Waals surface area contributed by atoms with Crippen molar-refractivity contribution in [2.75, 3.05) is 0 Å². The van der Waals surface area contributed by atoms with Gasteiger partial charge in [0, 0.05) is 0 Å². The lowest BCUT2D eigenvalue weighted by Gasteiger charge is -2.17. The molecule has 0 aliphatic rings. The van der Waals surface area contributed by atoms with E-state index in [9.17, 15) is 9.59 Å². The number of urea groups is 1. The number of amides is 3. The minimum atomic E-state index is -1.49. The fourth-order valence-corrected chi connectivity index (χ4v) is 0.797. The van der Waals surface area contributed by atoms with Crippen molar-refractivity contribution < 1.29 is 19.5 Å². The van der Waals surface area contributed by atoms with E-state index >= 15 is 0 Å². The third kappa shape index (κ3) is 3.43. The minimum absolute atomic E-state index is 0.220. The summed E-state index contributed by atoms with van der Waals surface area (Å²) in [4.78, 5) is 25.8. The number of hydrogen-bond acceptors (Lipinski definition) is 3. The number of nitrogens with zero attached hydrogens (tertiary/aromatic N) is 1. The first-order valence-corrected chi connectivity index (χ1v) is 3.92. The van der Waals surface area contributed by atoms with Crippen LogP contribution in [0.5, 0.6) is 5.75 Å². The Kier molecular flexibility index (Phi) is 3.33. The van der Waals surface area contributed by atoms with Crippen molar-refractivity contribution in [3.05, 3.63) is 30.3 Å². The van der Waals surface area contributed by atoms with Crippen molar-refractivity contribution in [3.63, 3.8) is 0 Å². The van der Waals surface area contributed by atoms with Gasteiger partial charge in [0.15, 0.2) is 5.75 Å². The molecule has 0 aliphatic heterocycles. The second kappa shape index (κ2) is 4.70. The van der Waals surface area contributed by atoms with Gasteiger partial charge in [0.1, 0.15) is 0 Å². The van der Waals surface area contributed by atoms with Crippen LogP contribution in [0.1, 0.15) is 0 Å². The normalized spacial score (nSPS) is 9.07. The molecule has 0 bridgehead atoms. The fraction of sp³-hybridized carbons (Fsp3) is 0. The first-order chi connectivity index (χ1) is 7.09. The number of para-hydroxylation sites is 1. The third-order valence-electron chi connectivity index (χ3n) is 1.33. The molecule has 15 heavy (non-hydrogen) atoms. The molecule has 1 aromatic carbocycles. The van der Waals surface area contributed by atoms with Crippen molar-refractivity contribution in [1.82, 2.24) is 10.6 Å². The number of nitrogens with one attached hydrogen (secondary N) is 1. The van der Waals surface area contributed by atoms with Gasteiger partial charge in [0.05, 0.1) is 0 Å². The Balaban J connectivity index is 2.67. The fourth-order valence-electron chi connectivity index (χ4n) is 0.797. The van der Waals surface area contributed by atoms with Gasteiger partial charge in [-0.1, -0.05) is 18.2 Å². The number of carbonyl (C=O) groups is 2. The van der Waals surface area contributed by atoms with Crippen LogP contribution < -0.4 is 16.0 Å². The molecule has 0 saturated carbocycles. The summed E-state index contributed by atoms with van der Waals surface area (Å²) < 4.78 is 0. The van der Waals surface area contributed by atoms with Crippen LogP contribution in [0.15, 0.2) is 30.3 Å². The number of hydrazine groups is 1. The quantitative estimate of drug-likeness (QED) is 0.621. The van der Waals surface area contributed by atoms with Crippen molar-refractivity contribution in [2.45, 2.75) is 0 Å². The van der Waals surface area contributed by atoms with E-state index < -0.39 is 12.1 Å². The number of benzene rings is 1. The lowest BCUT2D eigenvalue weighted by atomic mass is 10.3. The van der Waals surface area contributed by atoms with Crippen LogP contribution in [0, 0.1) is 0 Å². The molecule has 3 amide bonds.